The maximum Gasteiger partial charge on any atom is 0.240 e. The van der Waals surface area contributed by atoms with E-state index in [0.29, 0.717) is 18.1 Å². The van der Waals surface area contributed by atoms with Crippen molar-refractivity contribution in [2.24, 2.45) is 0 Å². The Morgan fingerprint density at radius 2 is 1.56 bits per heavy atom. The van der Waals surface area contributed by atoms with Crippen LogP contribution in [0, 0.1) is 0 Å². The Balaban J connectivity index is 1.10. The van der Waals surface area contributed by atoms with Crippen LogP contribution in [-0.4, -0.2) is 67.6 Å². The molecule has 290 valence electrons. The third kappa shape index (κ3) is 7.75. The minimum Gasteiger partial charge on any atom is -0.455 e. The molecule has 0 saturated heterocycles. The Hall–Kier alpha value is -2.89. The van der Waals surface area contributed by atoms with Crippen LogP contribution >= 0.6 is 12.6 Å². The second-order valence-corrected chi connectivity index (χ2v) is 18.0. The van der Waals surface area contributed by atoms with Crippen LogP contribution in [-0.2, 0) is 45.2 Å². The van der Waals surface area contributed by atoms with Crippen molar-refractivity contribution in [2.75, 3.05) is 64.1 Å². The van der Waals surface area contributed by atoms with Gasteiger partial charge in [0.25, 0.3) is 0 Å². The fourth-order valence-electron chi connectivity index (χ4n) is 9.47. The molecule has 10 heteroatoms. The van der Waals surface area contributed by atoms with E-state index in [1.54, 1.807) is 12.1 Å². The van der Waals surface area contributed by atoms with Crippen molar-refractivity contribution in [3.05, 3.63) is 74.3 Å². The monoisotopic (exact) mass is 772 g/mol. The van der Waals surface area contributed by atoms with Gasteiger partial charge in [-0.1, -0.05) is 38.7 Å². The SMILES string of the molecule is CCCCCCCOCCOCCNS(=O)(=O)c1ccc(C2=c3cc4c5c(c3Oc3c2cc2c6c3CCCN6CCCC2)CCC[N+]=5CCCC4)c(S)c1. The Morgan fingerprint density at radius 1 is 0.778 bits per heavy atom. The summed E-state index contributed by atoms with van der Waals surface area (Å²) in [4.78, 5) is 3.45. The summed E-state index contributed by atoms with van der Waals surface area (Å²) in [6.07, 6.45) is 17.2. The van der Waals surface area contributed by atoms with Gasteiger partial charge in [0.1, 0.15) is 24.6 Å². The number of aryl methyl sites for hydroxylation is 2. The molecule has 0 amide bonds. The van der Waals surface area contributed by atoms with E-state index in [2.05, 4.69) is 33.3 Å². The molecule has 5 heterocycles. The molecule has 0 bridgehead atoms. The number of nitrogens with one attached hydrogen (secondary N) is 1. The van der Waals surface area contributed by atoms with Gasteiger partial charge in [0.05, 0.1) is 30.3 Å². The molecule has 0 atom stereocenters. The second kappa shape index (κ2) is 17.1. The van der Waals surface area contributed by atoms with Crippen LogP contribution in [0.15, 0.2) is 40.1 Å². The molecule has 0 radical (unpaired) electrons. The quantitative estimate of drug-likeness (QED) is 0.0820. The summed E-state index contributed by atoms with van der Waals surface area (Å²) < 4.78 is 51.0. The zero-order valence-electron chi connectivity index (χ0n) is 32.1. The molecule has 5 aliphatic rings. The first kappa shape index (κ1) is 38.0. The third-order valence-corrected chi connectivity index (χ3v) is 13.9. The van der Waals surface area contributed by atoms with Gasteiger partial charge in [0.15, 0.2) is 0 Å². The number of anilines is 1. The van der Waals surface area contributed by atoms with Crippen LogP contribution in [0.2, 0.25) is 0 Å². The molecule has 3 aromatic rings. The van der Waals surface area contributed by atoms with Gasteiger partial charge >= 0.3 is 0 Å². The van der Waals surface area contributed by atoms with E-state index in [0.717, 1.165) is 111 Å². The maximum atomic E-state index is 13.5. The molecule has 0 unspecified atom stereocenters. The first-order valence-corrected chi connectivity index (χ1v) is 22.8. The number of benzene rings is 3. The highest BCUT2D eigenvalue weighted by Crippen LogP contribution is 2.48. The van der Waals surface area contributed by atoms with E-state index in [9.17, 15) is 8.42 Å². The van der Waals surface area contributed by atoms with Crippen molar-refractivity contribution < 1.29 is 22.6 Å². The smallest absolute Gasteiger partial charge is 0.240 e. The van der Waals surface area contributed by atoms with E-state index in [1.165, 1.54) is 84.7 Å². The molecular weight excluding hydrogens is 715 g/mol. The topological polar surface area (TPSA) is 80.1 Å². The fraction of sp³-hybridized carbons (Fsp3) is 0.568. The fourth-order valence-corrected chi connectivity index (χ4v) is 10.9. The van der Waals surface area contributed by atoms with Crippen LogP contribution < -0.4 is 29.5 Å². The minimum atomic E-state index is -3.77. The first-order valence-electron chi connectivity index (χ1n) is 20.9. The van der Waals surface area contributed by atoms with Crippen LogP contribution in [0.5, 0.6) is 11.5 Å². The van der Waals surface area contributed by atoms with Crippen molar-refractivity contribution in [1.29, 1.82) is 0 Å². The zero-order valence-corrected chi connectivity index (χ0v) is 33.9. The summed E-state index contributed by atoms with van der Waals surface area (Å²) in [7, 11) is -3.77. The number of ether oxygens (including phenoxy) is 3. The normalized spacial score (nSPS) is 17.6. The lowest BCUT2D eigenvalue weighted by Gasteiger charge is -2.35. The first-order chi connectivity index (χ1) is 26.4. The highest BCUT2D eigenvalue weighted by Gasteiger charge is 2.35. The van der Waals surface area contributed by atoms with E-state index < -0.39 is 10.0 Å². The van der Waals surface area contributed by atoms with Crippen LogP contribution in [0.3, 0.4) is 0 Å². The van der Waals surface area contributed by atoms with Gasteiger partial charge in [-0.25, -0.2) is 17.7 Å². The molecule has 0 saturated carbocycles. The predicted molar refractivity (Wildman–Crippen MR) is 219 cm³/mol. The molecule has 0 spiro atoms. The number of hydrogen-bond donors (Lipinski definition) is 2. The Labute approximate surface area is 327 Å². The molecule has 54 heavy (non-hydrogen) atoms. The number of fused-ring (bicyclic) bond motifs is 4. The Morgan fingerprint density at radius 3 is 2.43 bits per heavy atom. The molecular formula is C44H58N3O5S2+. The number of thiol groups is 1. The lowest BCUT2D eigenvalue weighted by atomic mass is 9.84. The number of rotatable bonds is 15. The lowest BCUT2D eigenvalue weighted by Crippen LogP contribution is -2.41. The summed E-state index contributed by atoms with van der Waals surface area (Å²) in [5.74, 6) is 1.99. The van der Waals surface area contributed by atoms with Crippen molar-refractivity contribution in [3.8, 4) is 11.5 Å². The van der Waals surface area contributed by atoms with Crippen molar-refractivity contribution in [3.63, 3.8) is 0 Å². The summed E-state index contributed by atoms with van der Waals surface area (Å²) in [6, 6.07) is 10.2. The van der Waals surface area contributed by atoms with Gasteiger partial charge in [0.2, 0.25) is 15.4 Å². The van der Waals surface area contributed by atoms with Crippen LogP contribution in [0.1, 0.15) is 111 Å². The predicted octanol–water partition coefficient (Wildman–Crippen LogP) is 6.47. The average Bonchev–Trinajstić information content (AvgIpc) is 3.52. The summed E-state index contributed by atoms with van der Waals surface area (Å²) in [6.45, 7) is 8.81. The van der Waals surface area contributed by atoms with Crippen LogP contribution in [0.4, 0.5) is 5.69 Å². The van der Waals surface area contributed by atoms with Crippen LogP contribution in [0.25, 0.3) is 5.57 Å². The third-order valence-electron chi connectivity index (χ3n) is 12.0. The molecule has 0 aromatic heterocycles. The summed E-state index contributed by atoms with van der Waals surface area (Å²) >= 11 is 5.05. The molecule has 8 rings (SSSR count). The molecule has 1 N–H and O–H groups in total. The van der Waals surface area contributed by atoms with E-state index in [4.69, 9.17) is 26.8 Å². The van der Waals surface area contributed by atoms with Crippen molar-refractivity contribution in [2.45, 2.75) is 113 Å². The number of hydrogen-bond acceptors (Lipinski definition) is 7. The Kier molecular flexibility index (Phi) is 12.0. The van der Waals surface area contributed by atoms with Gasteiger partial charge in [0, 0.05) is 77.1 Å². The zero-order chi connectivity index (χ0) is 37.1. The number of unbranched alkanes of at least 4 members (excludes halogenated alkanes) is 4. The van der Waals surface area contributed by atoms with Gasteiger partial charge < -0.3 is 19.1 Å². The van der Waals surface area contributed by atoms with E-state index in [1.807, 2.05) is 6.07 Å². The van der Waals surface area contributed by atoms with Gasteiger partial charge in [-0.3, -0.25) is 0 Å². The summed E-state index contributed by atoms with van der Waals surface area (Å²) in [5, 5.41) is 2.52. The van der Waals surface area contributed by atoms with Gasteiger partial charge in [-0.2, -0.15) is 0 Å². The molecule has 0 aliphatic carbocycles. The van der Waals surface area contributed by atoms with Crippen molar-refractivity contribution in [1.82, 2.24) is 9.30 Å². The highest BCUT2D eigenvalue weighted by atomic mass is 32.2. The lowest BCUT2D eigenvalue weighted by molar-refractivity contribution is 0.0484. The largest absolute Gasteiger partial charge is 0.455 e. The standard InChI is InChI=1S/C44H57N3O5S2/c1-2-3-4-5-10-24-50-26-27-51-25-19-45-54(48,49)33-17-18-34(39(53)30-33)40-37-28-31-13-6-8-20-46-22-11-15-35(41(31)46)43(37)52-44-36-16-12-23-47-21-9-7-14-32(42(36)47)29-38(40)44/h17-18,28-30,45H,2-16,19-27H2,1H3/p+1. The van der Waals surface area contributed by atoms with Gasteiger partial charge in [-0.05, 0) is 93.2 Å². The Bertz CT molecular complexity index is 2120. The minimum absolute atomic E-state index is 0.189. The summed E-state index contributed by atoms with van der Waals surface area (Å²) in [5.41, 5.74) is 10.1. The number of sulfonamides is 1. The maximum absolute atomic E-state index is 13.5. The molecule has 8 nitrogen and oxygen atoms in total. The molecule has 0 fully saturated rings. The van der Waals surface area contributed by atoms with E-state index >= 15 is 0 Å². The average molecular weight is 773 g/mol. The van der Waals surface area contributed by atoms with Crippen molar-refractivity contribution >= 4 is 33.9 Å². The molecule has 5 aliphatic heterocycles. The highest BCUT2D eigenvalue weighted by molar-refractivity contribution is 7.89. The molecule has 3 aromatic carbocycles. The number of nitrogens with zero attached hydrogens (tertiary/aromatic N) is 2. The van der Waals surface area contributed by atoms with Gasteiger partial charge in [-0.15, -0.1) is 12.6 Å². The second-order valence-electron chi connectivity index (χ2n) is 15.8. The van der Waals surface area contributed by atoms with E-state index in [-0.39, 0.29) is 18.0 Å².